The summed E-state index contributed by atoms with van der Waals surface area (Å²) in [5.41, 5.74) is 1.99. The molecule has 0 saturated carbocycles. The number of rotatable bonds is 18. The van der Waals surface area contributed by atoms with Crippen molar-refractivity contribution in [1.29, 1.82) is 0 Å². The molecule has 3 N–H and O–H groups in total. The van der Waals surface area contributed by atoms with Crippen molar-refractivity contribution in [3.63, 3.8) is 0 Å². The first-order valence-electron chi connectivity index (χ1n) is 22.5. The smallest absolute Gasteiger partial charge is 0.477 e. The number of aliphatic hydroxyl groups is 1. The van der Waals surface area contributed by atoms with Crippen molar-refractivity contribution in [2.45, 2.75) is 95.9 Å². The van der Waals surface area contributed by atoms with Crippen molar-refractivity contribution in [3.05, 3.63) is 113 Å². The number of carboxylic acids is 1. The van der Waals surface area contributed by atoms with Crippen LogP contribution in [0.2, 0.25) is 19.6 Å². The van der Waals surface area contributed by atoms with E-state index in [1.807, 2.05) is 38.9 Å². The molecule has 0 unspecified atom stereocenters. The van der Waals surface area contributed by atoms with E-state index in [2.05, 4.69) is 31.8 Å². The number of hydrogen-bond donors (Lipinski definition) is 3. The summed E-state index contributed by atoms with van der Waals surface area (Å²) in [6.07, 6.45) is 2.45. The average molecular weight is 1010 g/mol. The molecule has 5 aliphatic heterocycles. The van der Waals surface area contributed by atoms with E-state index in [9.17, 15) is 34.0 Å². The first-order chi connectivity index (χ1) is 32.1. The van der Waals surface area contributed by atoms with E-state index in [-0.39, 0.29) is 65.1 Å². The molecule has 3 aromatic rings. The Balaban J connectivity index is 0.000000210. The average Bonchev–Trinajstić information content (AvgIpc) is 4.04. The minimum absolute atomic E-state index is 0.000288. The summed E-state index contributed by atoms with van der Waals surface area (Å²) in [4.78, 5) is 59.0. The van der Waals surface area contributed by atoms with Crippen LogP contribution < -0.4 is 14.4 Å². The lowest BCUT2D eigenvalue weighted by Gasteiger charge is -2.48. The maximum Gasteiger partial charge on any atom is 0.646 e. The summed E-state index contributed by atoms with van der Waals surface area (Å²) in [6.45, 7) is 21.9. The van der Waals surface area contributed by atoms with Gasteiger partial charge in [0.2, 0.25) is 11.8 Å². The van der Waals surface area contributed by atoms with Gasteiger partial charge in [0.05, 0.1) is 41.8 Å². The fourth-order valence-electron chi connectivity index (χ4n) is 9.22. The normalized spacial score (nSPS) is 25.1. The van der Waals surface area contributed by atoms with Gasteiger partial charge in [-0.1, -0.05) is 94.6 Å². The van der Waals surface area contributed by atoms with E-state index in [4.69, 9.17) is 27.7 Å². The molecule has 0 bridgehead atoms. The van der Waals surface area contributed by atoms with Gasteiger partial charge in [0.15, 0.2) is 18.4 Å². The Labute approximate surface area is 406 Å². The number of phosphoric acid groups is 1. The topological polar surface area (TPSA) is 203 Å². The molecule has 2 fully saturated rings. The zero-order valence-corrected chi connectivity index (χ0v) is 43.0. The number of para-hydroxylation sites is 2. The van der Waals surface area contributed by atoms with Crippen LogP contribution in [-0.2, 0) is 37.4 Å². The summed E-state index contributed by atoms with van der Waals surface area (Å²) in [6, 6.07) is 16.5. The van der Waals surface area contributed by atoms with Gasteiger partial charge in [-0.15, -0.1) is 11.3 Å². The van der Waals surface area contributed by atoms with Crippen molar-refractivity contribution < 1.29 is 56.7 Å². The maximum atomic E-state index is 14.2. The second kappa shape index (κ2) is 20.5. The van der Waals surface area contributed by atoms with Gasteiger partial charge < -0.3 is 43.2 Å². The third-order valence-electron chi connectivity index (χ3n) is 12.2. The lowest BCUT2D eigenvalue weighted by atomic mass is 9.79. The number of ether oxygens (including phenoxy) is 1. The van der Waals surface area contributed by atoms with Gasteiger partial charge in [0.1, 0.15) is 29.6 Å². The number of hydrogen-bond acceptors (Lipinski definition) is 15. The highest BCUT2D eigenvalue weighted by molar-refractivity contribution is 8.04. The third kappa shape index (κ3) is 10.4. The number of phosphoric ester groups is 1. The van der Waals surface area contributed by atoms with Crippen LogP contribution in [0.5, 0.6) is 11.5 Å². The Bertz CT molecular complexity index is 2520. The van der Waals surface area contributed by atoms with E-state index in [0.717, 1.165) is 22.2 Å². The van der Waals surface area contributed by atoms with E-state index >= 15 is 0 Å². The zero-order valence-electron chi connectivity index (χ0n) is 39.5. The van der Waals surface area contributed by atoms with Crippen LogP contribution in [0.15, 0.2) is 111 Å². The molecule has 0 spiro atoms. The van der Waals surface area contributed by atoms with Crippen LogP contribution in [0, 0.1) is 29.6 Å². The number of aliphatic carboxylic acids is 1. The molecule has 20 heteroatoms. The standard InChI is InChI=1S/C28H34NO8PSi.C20H25N3O4S2/c1-7-18-33-28(31)25-26(19(2)24-23(27(30)29(24)25)20(3)37-39(4,5)6)36-38(32,34-21-14-10-8-11-15-21)35-22-16-12-9-13-17-22;1-8(2)12-5-11(6-21-12)13-7-28-20(22-13)29-17-9(3)15-14(10(4)24)18(25)23(15)16(17)19(26)27/h7-17,19-20,23-24H,1,18H2,2-6H3;5,7-10,12,14-15,21,24H,6H2,1-4H3,(H,26,27)/t19-,20-,23-,24-;9-,10-,12-,14-,15-/m11/s1. The largest absolute Gasteiger partial charge is 0.646 e. The number of aliphatic hydroxyl groups excluding tert-OH is 1. The number of benzene rings is 2. The number of carbonyl (C=O) groups is 4. The molecular weight excluding hydrogens is 948 g/mol. The first kappa shape index (κ1) is 50.9. The molecule has 1 aromatic heterocycles. The van der Waals surface area contributed by atoms with Crippen molar-refractivity contribution in [1.82, 2.24) is 20.1 Å². The molecule has 2 amide bonds. The summed E-state index contributed by atoms with van der Waals surface area (Å²) in [5.74, 6) is -3.27. The Morgan fingerprint density at radius 2 is 1.50 bits per heavy atom. The molecule has 0 radical (unpaired) electrons. The molecule has 2 saturated heterocycles. The van der Waals surface area contributed by atoms with E-state index in [1.165, 1.54) is 39.0 Å². The fourth-order valence-corrected chi connectivity index (χ4v) is 14.0. The molecule has 5 aliphatic rings. The van der Waals surface area contributed by atoms with Crippen LogP contribution in [-0.4, -0.2) is 101 Å². The summed E-state index contributed by atoms with van der Waals surface area (Å²) in [7, 11) is -6.38. The van der Waals surface area contributed by atoms with Crippen molar-refractivity contribution >= 4 is 68.6 Å². The van der Waals surface area contributed by atoms with Crippen LogP contribution in [0.25, 0.3) is 5.57 Å². The second-order valence-electron chi connectivity index (χ2n) is 18.6. The highest BCUT2D eigenvalue weighted by atomic mass is 32.2. The summed E-state index contributed by atoms with van der Waals surface area (Å²) in [5, 5.41) is 25.2. The van der Waals surface area contributed by atoms with Crippen molar-refractivity contribution in [2.24, 2.45) is 29.6 Å². The van der Waals surface area contributed by atoms with Gasteiger partial charge in [-0.3, -0.25) is 14.5 Å². The van der Waals surface area contributed by atoms with Gasteiger partial charge in [0.25, 0.3) is 0 Å². The number of carboxylic acid groups (broad SMARTS) is 1. The lowest BCUT2D eigenvalue weighted by molar-refractivity contribution is -0.163. The predicted octanol–water partition coefficient (Wildman–Crippen LogP) is 8.33. The minimum atomic E-state index is -4.42. The quantitative estimate of drug-likeness (QED) is 0.0361. The zero-order chi connectivity index (χ0) is 49.4. The van der Waals surface area contributed by atoms with E-state index in [0.29, 0.717) is 16.9 Å². The minimum Gasteiger partial charge on any atom is -0.477 e. The molecule has 68 heavy (non-hydrogen) atoms. The lowest BCUT2D eigenvalue weighted by Crippen LogP contribution is -2.64. The van der Waals surface area contributed by atoms with Crippen LogP contribution in [0.3, 0.4) is 0 Å². The maximum absolute atomic E-state index is 14.2. The number of nitrogens with one attached hydrogen (secondary N) is 1. The summed E-state index contributed by atoms with van der Waals surface area (Å²) >= 11 is 2.81. The number of nitrogens with zero attached hydrogens (tertiary/aromatic N) is 3. The Hall–Kier alpha value is -5.01. The number of aromatic nitrogens is 1. The van der Waals surface area contributed by atoms with Gasteiger partial charge >= 0.3 is 19.8 Å². The molecule has 9 atom stereocenters. The number of amides is 2. The second-order valence-corrected chi connectivity index (χ2v) is 26.7. The van der Waals surface area contributed by atoms with Gasteiger partial charge in [-0.25, -0.2) is 14.6 Å². The van der Waals surface area contributed by atoms with Gasteiger partial charge in [-0.05, 0) is 69.2 Å². The number of fused-ring (bicyclic) bond motifs is 2. The van der Waals surface area contributed by atoms with E-state index in [1.54, 1.807) is 74.5 Å². The monoisotopic (exact) mass is 1010 g/mol. The molecule has 0 aliphatic carbocycles. The van der Waals surface area contributed by atoms with Crippen molar-refractivity contribution in [3.8, 4) is 11.5 Å². The Morgan fingerprint density at radius 1 is 0.926 bits per heavy atom. The SMILES string of the molecule is C=CCOC(=O)C1=C(OP(=O)(Oc2ccccc2)Oc2ccccc2)[C@H](C)[C@@H]2[C@@H]([C@@H](C)O[Si](C)(C)C)C(=O)N12.CC(C)[C@H]1C=C(c2csc(SC3=C(C(=O)O)N4C(=O)[C@H]([C@@H](C)O)[C@H]4[C@H]3C)n2)CN1. The first-order valence-corrected chi connectivity index (χ1v) is 29.1. The third-order valence-corrected chi connectivity index (χ3v) is 16.8. The summed E-state index contributed by atoms with van der Waals surface area (Å²) < 4.78 is 44.0. The molecule has 364 valence electrons. The number of esters is 1. The van der Waals surface area contributed by atoms with Crippen LogP contribution in [0.1, 0.15) is 47.2 Å². The van der Waals surface area contributed by atoms with Gasteiger partial charge in [0, 0.05) is 34.7 Å². The number of thioether (sulfide) groups is 1. The van der Waals surface area contributed by atoms with E-state index < -0.39 is 58.0 Å². The highest BCUT2D eigenvalue weighted by Crippen LogP contribution is 2.58. The molecule has 8 rings (SSSR count). The number of thiazole rings is 1. The number of β-lactam (4-membered cyclic amide) rings is 2. The van der Waals surface area contributed by atoms with Crippen molar-refractivity contribution in [2.75, 3.05) is 13.2 Å². The Morgan fingerprint density at radius 3 is 2.03 bits per heavy atom. The molecule has 16 nitrogen and oxygen atoms in total. The fraction of sp³-hybridized carbons (Fsp3) is 0.438. The molecular formula is C48H59N4O12PS2Si. The highest BCUT2D eigenvalue weighted by Gasteiger charge is 2.63. The molecule has 6 heterocycles. The van der Waals surface area contributed by atoms with Crippen LogP contribution >= 0.6 is 30.9 Å². The number of carbonyl (C=O) groups excluding carboxylic acids is 3. The van der Waals surface area contributed by atoms with Gasteiger partial charge in [-0.2, -0.15) is 4.57 Å². The predicted molar refractivity (Wildman–Crippen MR) is 260 cm³/mol. The van der Waals surface area contributed by atoms with Crippen LogP contribution in [0.4, 0.5) is 0 Å². The Kier molecular flexibility index (Phi) is 15.3. The molecule has 2 aromatic carbocycles.